The minimum Gasteiger partial charge on any atom is -0.302 e. The largest absolute Gasteiger partial charge is 0.302 e. The van der Waals surface area contributed by atoms with E-state index in [1.54, 1.807) is 0 Å². The Balaban J connectivity index is 1.56. The monoisotopic (exact) mass is 292 g/mol. The topological polar surface area (TPSA) is 6.48 Å². The van der Waals surface area contributed by atoms with Gasteiger partial charge in [0.05, 0.1) is 0 Å². The van der Waals surface area contributed by atoms with Gasteiger partial charge in [0.1, 0.15) is 0 Å². The van der Waals surface area contributed by atoms with Crippen molar-refractivity contribution in [3.8, 4) is 0 Å². The smallest absolute Gasteiger partial charge is 0.0331 e. The zero-order chi connectivity index (χ0) is 13.6. The standard InChI is InChI=1S/C17H28N2S/c1-2-7-16(8-3-1)19(15-17-9-6-14-20-17)13-12-18-10-4-5-11-18/h6,9,14,16H,1-5,7-8,10-13,15H2. The van der Waals surface area contributed by atoms with E-state index in [2.05, 4.69) is 27.3 Å². The minimum atomic E-state index is 0.841. The fourth-order valence-electron chi connectivity index (χ4n) is 3.72. The van der Waals surface area contributed by atoms with Gasteiger partial charge >= 0.3 is 0 Å². The fourth-order valence-corrected chi connectivity index (χ4v) is 4.45. The minimum absolute atomic E-state index is 0.841. The quantitative estimate of drug-likeness (QED) is 0.782. The molecule has 0 amide bonds. The number of hydrogen-bond donors (Lipinski definition) is 0. The first-order valence-electron chi connectivity index (χ1n) is 8.40. The molecule has 1 saturated carbocycles. The van der Waals surface area contributed by atoms with Crippen molar-refractivity contribution < 1.29 is 0 Å². The van der Waals surface area contributed by atoms with Crippen molar-refractivity contribution in [3.63, 3.8) is 0 Å². The summed E-state index contributed by atoms with van der Waals surface area (Å²) in [5, 5.41) is 2.22. The summed E-state index contributed by atoms with van der Waals surface area (Å²) in [6, 6.07) is 5.34. The van der Waals surface area contributed by atoms with E-state index < -0.39 is 0 Å². The Kier molecular flexibility index (Phi) is 5.51. The van der Waals surface area contributed by atoms with Crippen LogP contribution in [0.25, 0.3) is 0 Å². The van der Waals surface area contributed by atoms with E-state index >= 15 is 0 Å². The van der Waals surface area contributed by atoms with Gasteiger partial charge in [0.2, 0.25) is 0 Å². The maximum absolute atomic E-state index is 2.78. The Morgan fingerprint density at radius 1 is 1.10 bits per heavy atom. The molecule has 0 atom stereocenters. The number of rotatable bonds is 6. The molecule has 1 aromatic rings. The van der Waals surface area contributed by atoms with Gasteiger partial charge in [0.25, 0.3) is 0 Å². The van der Waals surface area contributed by atoms with Gasteiger partial charge in [-0.15, -0.1) is 11.3 Å². The summed E-state index contributed by atoms with van der Waals surface area (Å²) in [4.78, 5) is 6.98. The van der Waals surface area contributed by atoms with Crippen LogP contribution in [0.1, 0.15) is 49.8 Å². The summed E-state index contributed by atoms with van der Waals surface area (Å²) in [5.41, 5.74) is 0. The Bertz CT molecular complexity index is 364. The van der Waals surface area contributed by atoms with Crippen molar-refractivity contribution in [2.45, 2.75) is 57.5 Å². The third-order valence-corrected chi connectivity index (χ3v) is 5.79. The van der Waals surface area contributed by atoms with Crippen molar-refractivity contribution in [1.29, 1.82) is 0 Å². The second-order valence-electron chi connectivity index (χ2n) is 6.39. The molecule has 0 spiro atoms. The molecule has 1 aromatic heterocycles. The molecule has 2 nitrogen and oxygen atoms in total. The molecule has 20 heavy (non-hydrogen) atoms. The first-order chi connectivity index (χ1) is 9.92. The van der Waals surface area contributed by atoms with Crippen LogP contribution in [0.5, 0.6) is 0 Å². The van der Waals surface area contributed by atoms with Crippen LogP contribution in [0, 0.1) is 0 Å². The second-order valence-corrected chi connectivity index (χ2v) is 7.42. The zero-order valence-electron chi connectivity index (χ0n) is 12.6. The van der Waals surface area contributed by atoms with E-state index in [-0.39, 0.29) is 0 Å². The van der Waals surface area contributed by atoms with Crippen LogP contribution >= 0.6 is 11.3 Å². The summed E-state index contributed by atoms with van der Waals surface area (Å²) in [6.45, 7) is 6.38. The van der Waals surface area contributed by atoms with Crippen LogP contribution in [-0.2, 0) is 6.54 Å². The molecule has 112 valence electrons. The Morgan fingerprint density at radius 3 is 2.60 bits per heavy atom. The molecule has 0 unspecified atom stereocenters. The molecule has 2 heterocycles. The molecular weight excluding hydrogens is 264 g/mol. The molecule has 3 heteroatoms. The van der Waals surface area contributed by atoms with E-state index in [4.69, 9.17) is 0 Å². The molecule has 0 bridgehead atoms. The highest BCUT2D eigenvalue weighted by Gasteiger charge is 2.22. The Morgan fingerprint density at radius 2 is 1.90 bits per heavy atom. The summed E-state index contributed by atoms with van der Waals surface area (Å²) < 4.78 is 0. The maximum Gasteiger partial charge on any atom is 0.0331 e. The predicted molar refractivity (Wildman–Crippen MR) is 87.3 cm³/mol. The molecule has 1 aliphatic carbocycles. The molecule has 1 aliphatic heterocycles. The number of likely N-dealkylation sites (tertiary alicyclic amines) is 1. The lowest BCUT2D eigenvalue weighted by Crippen LogP contribution is -2.41. The summed E-state index contributed by atoms with van der Waals surface area (Å²) in [5.74, 6) is 0. The van der Waals surface area contributed by atoms with Crippen LogP contribution in [0.4, 0.5) is 0 Å². The van der Waals surface area contributed by atoms with E-state index in [9.17, 15) is 0 Å². The highest BCUT2D eigenvalue weighted by molar-refractivity contribution is 7.09. The molecule has 0 radical (unpaired) electrons. The van der Waals surface area contributed by atoms with E-state index in [0.717, 1.165) is 6.04 Å². The number of nitrogens with zero attached hydrogens (tertiary/aromatic N) is 2. The van der Waals surface area contributed by atoms with Gasteiger partial charge in [-0.25, -0.2) is 0 Å². The van der Waals surface area contributed by atoms with E-state index in [1.165, 1.54) is 82.5 Å². The van der Waals surface area contributed by atoms with Gasteiger partial charge in [-0.1, -0.05) is 25.3 Å². The van der Waals surface area contributed by atoms with Gasteiger partial charge in [0, 0.05) is 30.6 Å². The Labute approximate surface area is 127 Å². The molecule has 0 N–H and O–H groups in total. The first kappa shape index (κ1) is 14.6. The molecule has 1 saturated heterocycles. The molecular formula is C17H28N2S. The van der Waals surface area contributed by atoms with Crippen molar-refractivity contribution in [3.05, 3.63) is 22.4 Å². The third-order valence-electron chi connectivity index (χ3n) is 4.93. The lowest BCUT2D eigenvalue weighted by atomic mass is 9.94. The molecule has 0 aromatic carbocycles. The predicted octanol–water partition coefficient (Wildman–Crippen LogP) is 3.98. The summed E-state index contributed by atoms with van der Waals surface area (Å²) in [6.07, 6.45) is 10.00. The highest BCUT2D eigenvalue weighted by atomic mass is 32.1. The van der Waals surface area contributed by atoms with E-state index in [1.807, 2.05) is 11.3 Å². The van der Waals surface area contributed by atoms with E-state index in [0.29, 0.717) is 0 Å². The lowest BCUT2D eigenvalue weighted by Gasteiger charge is -2.35. The summed E-state index contributed by atoms with van der Waals surface area (Å²) >= 11 is 1.92. The van der Waals surface area contributed by atoms with Crippen LogP contribution in [0.3, 0.4) is 0 Å². The molecule has 3 rings (SSSR count). The van der Waals surface area contributed by atoms with Crippen molar-refractivity contribution in [2.75, 3.05) is 26.2 Å². The number of thiophene rings is 1. The van der Waals surface area contributed by atoms with Crippen molar-refractivity contribution in [2.24, 2.45) is 0 Å². The van der Waals surface area contributed by atoms with Gasteiger partial charge < -0.3 is 4.90 Å². The first-order valence-corrected chi connectivity index (χ1v) is 9.28. The average molecular weight is 292 g/mol. The number of hydrogen-bond acceptors (Lipinski definition) is 3. The fraction of sp³-hybridized carbons (Fsp3) is 0.765. The highest BCUT2D eigenvalue weighted by Crippen LogP contribution is 2.25. The average Bonchev–Trinajstić information content (AvgIpc) is 3.18. The van der Waals surface area contributed by atoms with Crippen LogP contribution in [-0.4, -0.2) is 42.0 Å². The van der Waals surface area contributed by atoms with Crippen LogP contribution in [0.2, 0.25) is 0 Å². The van der Waals surface area contributed by atoms with Gasteiger partial charge in [0.15, 0.2) is 0 Å². The molecule has 2 aliphatic rings. The van der Waals surface area contributed by atoms with Crippen molar-refractivity contribution >= 4 is 11.3 Å². The Hall–Kier alpha value is -0.380. The zero-order valence-corrected chi connectivity index (χ0v) is 13.4. The second kappa shape index (κ2) is 7.58. The van der Waals surface area contributed by atoms with Crippen molar-refractivity contribution in [1.82, 2.24) is 9.80 Å². The van der Waals surface area contributed by atoms with Gasteiger partial charge in [-0.2, -0.15) is 0 Å². The third kappa shape index (κ3) is 4.06. The van der Waals surface area contributed by atoms with Gasteiger partial charge in [-0.05, 0) is 50.2 Å². The summed E-state index contributed by atoms with van der Waals surface area (Å²) in [7, 11) is 0. The maximum atomic E-state index is 2.78. The van der Waals surface area contributed by atoms with Gasteiger partial charge in [-0.3, -0.25) is 4.90 Å². The van der Waals surface area contributed by atoms with Crippen LogP contribution < -0.4 is 0 Å². The SMILES string of the molecule is c1csc(CN(CCN2CCCC2)C2CCCCC2)c1. The normalized spacial score (nSPS) is 21.9. The lowest BCUT2D eigenvalue weighted by molar-refractivity contribution is 0.132. The molecule has 2 fully saturated rings. The van der Waals surface area contributed by atoms with Crippen LogP contribution in [0.15, 0.2) is 17.5 Å².